The van der Waals surface area contributed by atoms with Gasteiger partial charge in [-0.2, -0.15) is 4.98 Å². The minimum Gasteiger partial charge on any atom is -0.497 e. The van der Waals surface area contributed by atoms with Gasteiger partial charge in [-0.15, -0.1) is 0 Å². The topological polar surface area (TPSA) is 90.4 Å². The standard InChI is InChI=1S/C23H22BrN5O3/c1-30-15-10-9-14(19(12-15)31-2)13-26-23-28-17-8-5-11-25-20(17)22(29-23)27-18-7-4-6-16(24)21(18)32-3/h4-12H,13H2,1-3H3,(H2,26,27,28,29). The summed E-state index contributed by atoms with van der Waals surface area (Å²) < 4.78 is 17.1. The Balaban J connectivity index is 1.67. The van der Waals surface area contributed by atoms with Gasteiger partial charge in [-0.1, -0.05) is 6.07 Å². The number of para-hydroxylation sites is 1. The molecule has 0 saturated carbocycles. The van der Waals surface area contributed by atoms with E-state index in [0.717, 1.165) is 27.2 Å². The summed E-state index contributed by atoms with van der Waals surface area (Å²) in [5, 5.41) is 6.61. The Labute approximate surface area is 194 Å². The fourth-order valence-corrected chi connectivity index (χ4v) is 3.78. The Morgan fingerprint density at radius 2 is 1.81 bits per heavy atom. The van der Waals surface area contributed by atoms with Crippen molar-refractivity contribution < 1.29 is 14.2 Å². The summed E-state index contributed by atoms with van der Waals surface area (Å²) in [5.41, 5.74) is 3.08. The Kier molecular flexibility index (Phi) is 6.55. The minimum atomic E-state index is 0.458. The largest absolute Gasteiger partial charge is 0.497 e. The molecule has 4 aromatic rings. The van der Waals surface area contributed by atoms with Crippen LogP contribution in [0, 0.1) is 0 Å². The van der Waals surface area contributed by atoms with Gasteiger partial charge in [0.2, 0.25) is 5.95 Å². The van der Waals surface area contributed by atoms with Crippen molar-refractivity contribution in [1.29, 1.82) is 0 Å². The summed E-state index contributed by atoms with van der Waals surface area (Å²) >= 11 is 3.51. The van der Waals surface area contributed by atoms with E-state index < -0.39 is 0 Å². The number of methoxy groups -OCH3 is 3. The molecule has 4 rings (SSSR count). The molecule has 0 aliphatic heterocycles. The smallest absolute Gasteiger partial charge is 0.225 e. The van der Waals surface area contributed by atoms with Crippen molar-refractivity contribution in [2.75, 3.05) is 32.0 Å². The predicted octanol–water partition coefficient (Wildman–Crippen LogP) is 5.17. The highest BCUT2D eigenvalue weighted by atomic mass is 79.9. The highest BCUT2D eigenvalue weighted by molar-refractivity contribution is 9.10. The average molecular weight is 496 g/mol. The van der Waals surface area contributed by atoms with Crippen molar-refractivity contribution in [3.8, 4) is 17.2 Å². The molecule has 2 heterocycles. The van der Waals surface area contributed by atoms with E-state index in [4.69, 9.17) is 14.2 Å². The van der Waals surface area contributed by atoms with E-state index in [1.807, 2.05) is 48.5 Å². The summed E-state index contributed by atoms with van der Waals surface area (Å²) in [6.07, 6.45) is 1.71. The molecule has 0 saturated heterocycles. The quantitative estimate of drug-likeness (QED) is 0.346. The lowest BCUT2D eigenvalue weighted by Crippen LogP contribution is -2.08. The molecule has 164 valence electrons. The maximum Gasteiger partial charge on any atom is 0.225 e. The van der Waals surface area contributed by atoms with Gasteiger partial charge in [0.05, 0.1) is 37.0 Å². The van der Waals surface area contributed by atoms with Gasteiger partial charge in [-0.05, 0) is 52.3 Å². The summed E-state index contributed by atoms with van der Waals surface area (Å²) in [6.45, 7) is 0.471. The highest BCUT2D eigenvalue weighted by Crippen LogP contribution is 2.35. The molecule has 0 radical (unpaired) electrons. The molecule has 0 amide bonds. The van der Waals surface area contributed by atoms with E-state index in [1.54, 1.807) is 27.5 Å². The van der Waals surface area contributed by atoms with E-state index in [-0.39, 0.29) is 0 Å². The molecule has 2 aromatic heterocycles. The zero-order chi connectivity index (χ0) is 22.5. The lowest BCUT2D eigenvalue weighted by Gasteiger charge is -2.15. The predicted molar refractivity (Wildman–Crippen MR) is 128 cm³/mol. The summed E-state index contributed by atoms with van der Waals surface area (Å²) in [7, 11) is 4.87. The second kappa shape index (κ2) is 9.69. The maximum atomic E-state index is 5.53. The van der Waals surface area contributed by atoms with Crippen LogP contribution in [0.5, 0.6) is 17.2 Å². The number of fused-ring (bicyclic) bond motifs is 1. The van der Waals surface area contributed by atoms with Gasteiger partial charge in [-0.3, -0.25) is 4.98 Å². The number of anilines is 3. The zero-order valence-electron chi connectivity index (χ0n) is 17.8. The molecular weight excluding hydrogens is 474 g/mol. The molecule has 32 heavy (non-hydrogen) atoms. The lowest BCUT2D eigenvalue weighted by molar-refractivity contribution is 0.391. The molecule has 0 aliphatic rings. The monoisotopic (exact) mass is 495 g/mol. The number of nitrogens with zero attached hydrogens (tertiary/aromatic N) is 3. The second-order valence-electron chi connectivity index (χ2n) is 6.74. The Bertz CT molecular complexity index is 1250. The fraction of sp³-hybridized carbons (Fsp3) is 0.174. The minimum absolute atomic E-state index is 0.458. The van der Waals surface area contributed by atoms with Gasteiger partial charge in [-0.25, -0.2) is 4.98 Å². The van der Waals surface area contributed by atoms with E-state index in [2.05, 4.69) is 41.5 Å². The third kappa shape index (κ3) is 4.52. The molecule has 2 aromatic carbocycles. The van der Waals surface area contributed by atoms with Crippen molar-refractivity contribution in [3.05, 3.63) is 64.8 Å². The third-order valence-corrected chi connectivity index (χ3v) is 5.43. The summed E-state index contributed by atoms with van der Waals surface area (Å²) in [6, 6.07) is 15.2. The van der Waals surface area contributed by atoms with Gasteiger partial charge >= 0.3 is 0 Å². The molecule has 2 N–H and O–H groups in total. The zero-order valence-corrected chi connectivity index (χ0v) is 19.4. The Morgan fingerprint density at radius 1 is 0.938 bits per heavy atom. The molecule has 0 aliphatic carbocycles. The van der Waals surface area contributed by atoms with Gasteiger partial charge in [0.15, 0.2) is 11.6 Å². The van der Waals surface area contributed by atoms with E-state index in [1.165, 1.54) is 0 Å². The van der Waals surface area contributed by atoms with E-state index >= 15 is 0 Å². The number of benzene rings is 2. The van der Waals surface area contributed by atoms with Crippen molar-refractivity contribution >= 4 is 44.4 Å². The van der Waals surface area contributed by atoms with Gasteiger partial charge in [0, 0.05) is 24.4 Å². The third-order valence-electron chi connectivity index (χ3n) is 4.81. The number of aromatic nitrogens is 3. The molecule has 0 unspecified atom stereocenters. The van der Waals surface area contributed by atoms with Crippen LogP contribution in [0.3, 0.4) is 0 Å². The normalized spacial score (nSPS) is 10.6. The maximum absolute atomic E-state index is 5.53. The first kappa shape index (κ1) is 21.6. The molecule has 9 heteroatoms. The summed E-state index contributed by atoms with van der Waals surface area (Å²) in [4.78, 5) is 13.7. The number of halogens is 1. The number of ether oxygens (including phenoxy) is 3. The first-order valence-corrected chi connectivity index (χ1v) is 10.6. The van der Waals surface area contributed by atoms with Gasteiger partial charge in [0.25, 0.3) is 0 Å². The molecule has 0 fully saturated rings. The second-order valence-corrected chi connectivity index (χ2v) is 7.60. The number of hydrogen-bond acceptors (Lipinski definition) is 8. The lowest BCUT2D eigenvalue weighted by atomic mass is 10.2. The summed E-state index contributed by atoms with van der Waals surface area (Å²) in [5.74, 6) is 3.15. The van der Waals surface area contributed by atoms with Crippen LogP contribution in [-0.2, 0) is 6.54 Å². The van der Waals surface area contributed by atoms with Gasteiger partial charge < -0.3 is 24.8 Å². The number of rotatable bonds is 8. The van der Waals surface area contributed by atoms with E-state index in [9.17, 15) is 0 Å². The SMILES string of the molecule is COc1ccc(CNc2nc(Nc3cccc(Br)c3OC)c3ncccc3n2)c(OC)c1. The van der Waals surface area contributed by atoms with Crippen molar-refractivity contribution in [3.63, 3.8) is 0 Å². The van der Waals surface area contributed by atoms with Crippen LogP contribution in [-0.4, -0.2) is 36.3 Å². The Hall–Kier alpha value is -3.59. The van der Waals surface area contributed by atoms with Crippen molar-refractivity contribution in [1.82, 2.24) is 15.0 Å². The van der Waals surface area contributed by atoms with Crippen molar-refractivity contribution in [2.45, 2.75) is 6.54 Å². The molecule has 0 atom stereocenters. The average Bonchev–Trinajstić information content (AvgIpc) is 2.82. The molecule has 0 bridgehead atoms. The van der Waals surface area contributed by atoms with Crippen LogP contribution in [0.25, 0.3) is 11.0 Å². The van der Waals surface area contributed by atoms with Crippen LogP contribution in [0.4, 0.5) is 17.5 Å². The molecule has 8 nitrogen and oxygen atoms in total. The van der Waals surface area contributed by atoms with Crippen LogP contribution < -0.4 is 24.8 Å². The number of nitrogens with one attached hydrogen (secondary N) is 2. The van der Waals surface area contributed by atoms with Crippen LogP contribution >= 0.6 is 15.9 Å². The van der Waals surface area contributed by atoms with Crippen LogP contribution in [0.2, 0.25) is 0 Å². The van der Waals surface area contributed by atoms with Crippen LogP contribution in [0.1, 0.15) is 5.56 Å². The fourth-order valence-electron chi connectivity index (χ4n) is 3.25. The van der Waals surface area contributed by atoms with E-state index in [0.29, 0.717) is 35.1 Å². The van der Waals surface area contributed by atoms with Gasteiger partial charge in [0.1, 0.15) is 17.0 Å². The Morgan fingerprint density at radius 3 is 2.59 bits per heavy atom. The van der Waals surface area contributed by atoms with Crippen molar-refractivity contribution in [2.24, 2.45) is 0 Å². The first-order valence-electron chi connectivity index (χ1n) is 9.80. The first-order chi connectivity index (χ1) is 15.6. The highest BCUT2D eigenvalue weighted by Gasteiger charge is 2.14. The van der Waals surface area contributed by atoms with Crippen LogP contribution in [0.15, 0.2) is 59.2 Å². The number of hydrogen-bond donors (Lipinski definition) is 2. The number of pyridine rings is 1. The molecular formula is C23H22BrN5O3. The molecule has 0 spiro atoms.